The molecule has 5 nitrogen and oxygen atoms in total. The number of piperidine rings is 1. The van der Waals surface area contributed by atoms with Gasteiger partial charge in [-0.1, -0.05) is 13.8 Å². The van der Waals surface area contributed by atoms with Crippen molar-refractivity contribution in [1.29, 1.82) is 0 Å². The molecule has 1 rings (SSSR count). The van der Waals surface area contributed by atoms with Gasteiger partial charge in [0.1, 0.15) is 0 Å². The highest BCUT2D eigenvalue weighted by Gasteiger charge is 2.24. The highest BCUT2D eigenvalue weighted by atomic mass is 35.5. The van der Waals surface area contributed by atoms with Crippen LogP contribution >= 0.6 is 12.4 Å². The lowest BCUT2D eigenvalue weighted by Crippen LogP contribution is -2.51. The molecule has 126 valence electrons. The highest BCUT2D eigenvalue weighted by molar-refractivity contribution is 5.85. The molecule has 0 bridgehead atoms. The second-order valence-electron chi connectivity index (χ2n) is 6.31. The van der Waals surface area contributed by atoms with Crippen LogP contribution in [0.1, 0.15) is 40.5 Å². The highest BCUT2D eigenvalue weighted by Crippen LogP contribution is 2.11. The van der Waals surface area contributed by atoms with Crippen LogP contribution in [0, 0.1) is 5.92 Å². The van der Waals surface area contributed by atoms with Crippen LogP contribution in [0.25, 0.3) is 0 Å². The molecule has 1 atom stereocenters. The average molecular weight is 322 g/mol. The van der Waals surface area contributed by atoms with Crippen molar-refractivity contribution < 1.29 is 9.53 Å². The van der Waals surface area contributed by atoms with Gasteiger partial charge in [0, 0.05) is 25.7 Å². The number of hydrogen-bond acceptors (Lipinski definition) is 4. The summed E-state index contributed by atoms with van der Waals surface area (Å²) in [7, 11) is 0. The number of likely N-dealkylation sites (tertiary alicyclic amines) is 1. The molecule has 1 saturated heterocycles. The number of rotatable bonds is 7. The van der Waals surface area contributed by atoms with E-state index in [0.29, 0.717) is 6.10 Å². The second kappa shape index (κ2) is 10.4. The third kappa shape index (κ3) is 8.00. The van der Waals surface area contributed by atoms with Gasteiger partial charge in [0.15, 0.2) is 0 Å². The fraction of sp³-hybridized carbons (Fsp3) is 0.933. The summed E-state index contributed by atoms with van der Waals surface area (Å²) in [5, 5.41) is 3.07. The molecule has 1 fully saturated rings. The molecule has 0 unspecified atom stereocenters. The lowest BCUT2D eigenvalue weighted by molar-refractivity contribution is -0.124. The van der Waals surface area contributed by atoms with E-state index in [1.165, 1.54) is 0 Å². The zero-order valence-corrected chi connectivity index (χ0v) is 14.6. The Balaban J connectivity index is 0.00000400. The number of nitrogens with two attached hydrogens (primary N) is 1. The van der Waals surface area contributed by atoms with E-state index in [0.717, 1.165) is 39.1 Å². The number of nitrogens with zero attached hydrogens (tertiary/aromatic N) is 1. The van der Waals surface area contributed by atoms with Crippen molar-refractivity contribution in [3.8, 4) is 0 Å². The quantitative estimate of drug-likeness (QED) is 0.743. The zero-order chi connectivity index (χ0) is 15.1. The summed E-state index contributed by atoms with van der Waals surface area (Å²) in [6, 6.07) is -0.123. The van der Waals surface area contributed by atoms with Gasteiger partial charge in [-0.05, 0) is 32.6 Å². The Morgan fingerprint density at radius 2 is 1.86 bits per heavy atom. The SMILES string of the molecule is CC(C)OCCN1CCC(NC(=O)[C@@H](N)C(C)C)CC1.Cl. The minimum Gasteiger partial charge on any atom is -0.377 e. The molecule has 3 N–H and O–H groups in total. The number of nitrogens with one attached hydrogen (secondary N) is 1. The maximum absolute atomic E-state index is 11.9. The Bertz CT molecular complexity index is 293. The molecular weight excluding hydrogens is 290 g/mol. The number of amides is 1. The minimum atomic E-state index is -0.396. The molecule has 0 aliphatic carbocycles. The van der Waals surface area contributed by atoms with Crippen molar-refractivity contribution >= 4 is 18.3 Å². The largest absolute Gasteiger partial charge is 0.377 e. The Morgan fingerprint density at radius 3 is 2.33 bits per heavy atom. The number of hydrogen-bond donors (Lipinski definition) is 2. The van der Waals surface area contributed by atoms with Gasteiger partial charge >= 0.3 is 0 Å². The molecule has 1 amide bonds. The molecule has 6 heteroatoms. The Morgan fingerprint density at radius 1 is 1.29 bits per heavy atom. The van der Waals surface area contributed by atoms with Crippen molar-refractivity contribution in [2.75, 3.05) is 26.2 Å². The van der Waals surface area contributed by atoms with E-state index in [1.807, 2.05) is 13.8 Å². The van der Waals surface area contributed by atoms with E-state index in [1.54, 1.807) is 0 Å². The molecule has 0 spiro atoms. The summed E-state index contributed by atoms with van der Waals surface area (Å²) < 4.78 is 5.57. The summed E-state index contributed by atoms with van der Waals surface area (Å²) in [5.41, 5.74) is 5.86. The van der Waals surface area contributed by atoms with E-state index >= 15 is 0 Å². The molecule has 0 aromatic rings. The molecule has 0 saturated carbocycles. The normalized spacial score (nSPS) is 18.6. The maximum atomic E-state index is 11.9. The summed E-state index contributed by atoms with van der Waals surface area (Å²) in [6.45, 7) is 11.9. The Kier molecular flexibility index (Phi) is 10.2. The van der Waals surface area contributed by atoms with Crippen LogP contribution in [0.5, 0.6) is 0 Å². The zero-order valence-electron chi connectivity index (χ0n) is 13.8. The summed E-state index contributed by atoms with van der Waals surface area (Å²) in [6.07, 6.45) is 2.29. The van der Waals surface area contributed by atoms with Crippen LogP contribution < -0.4 is 11.1 Å². The van der Waals surface area contributed by atoms with Gasteiger partial charge in [0.25, 0.3) is 0 Å². The first-order valence-corrected chi connectivity index (χ1v) is 7.80. The first-order chi connectivity index (χ1) is 9.40. The fourth-order valence-corrected chi connectivity index (χ4v) is 2.32. The first kappa shape index (κ1) is 20.6. The molecule has 0 aromatic heterocycles. The van der Waals surface area contributed by atoms with Crippen LogP contribution in [0.15, 0.2) is 0 Å². The standard InChI is InChI=1S/C15H31N3O2.ClH/c1-11(2)14(16)15(19)17-13-5-7-18(8-6-13)9-10-20-12(3)4;/h11-14H,5-10,16H2,1-4H3,(H,17,19);1H/t14-;/m0./s1. The second-order valence-corrected chi connectivity index (χ2v) is 6.31. The van der Waals surface area contributed by atoms with Crippen LogP contribution in [0.3, 0.4) is 0 Å². The molecule has 1 heterocycles. The topological polar surface area (TPSA) is 67.6 Å². The van der Waals surface area contributed by atoms with Gasteiger partial charge in [0.2, 0.25) is 5.91 Å². The van der Waals surface area contributed by atoms with E-state index in [4.69, 9.17) is 10.5 Å². The predicted octanol–water partition coefficient (Wildman–Crippen LogP) is 1.40. The van der Waals surface area contributed by atoms with Crippen LogP contribution in [-0.2, 0) is 9.53 Å². The van der Waals surface area contributed by atoms with Gasteiger partial charge < -0.3 is 20.7 Å². The van der Waals surface area contributed by atoms with E-state index in [-0.39, 0.29) is 30.3 Å². The van der Waals surface area contributed by atoms with E-state index in [9.17, 15) is 4.79 Å². The molecule has 21 heavy (non-hydrogen) atoms. The predicted molar refractivity (Wildman–Crippen MR) is 88.8 cm³/mol. The lowest BCUT2D eigenvalue weighted by Gasteiger charge is -2.33. The summed E-state index contributed by atoms with van der Waals surface area (Å²) in [4.78, 5) is 14.3. The van der Waals surface area contributed by atoms with Gasteiger partial charge in [0.05, 0.1) is 18.8 Å². The Labute approximate surface area is 135 Å². The number of carbonyl (C=O) groups is 1. The number of ether oxygens (including phenoxy) is 1. The van der Waals surface area contributed by atoms with Crippen molar-refractivity contribution in [1.82, 2.24) is 10.2 Å². The van der Waals surface area contributed by atoms with E-state index in [2.05, 4.69) is 24.1 Å². The third-order valence-corrected chi connectivity index (χ3v) is 3.81. The van der Waals surface area contributed by atoms with Gasteiger partial charge in [-0.25, -0.2) is 0 Å². The first-order valence-electron chi connectivity index (χ1n) is 7.80. The lowest BCUT2D eigenvalue weighted by atomic mass is 10.0. The summed E-state index contributed by atoms with van der Waals surface area (Å²) in [5.74, 6) is 0.171. The number of halogens is 1. The van der Waals surface area contributed by atoms with Gasteiger partial charge in [-0.2, -0.15) is 0 Å². The number of carbonyl (C=O) groups excluding carboxylic acids is 1. The van der Waals surface area contributed by atoms with Crippen molar-refractivity contribution in [2.45, 2.75) is 58.7 Å². The van der Waals surface area contributed by atoms with Crippen LogP contribution in [0.4, 0.5) is 0 Å². The minimum absolute atomic E-state index is 0. The fourth-order valence-electron chi connectivity index (χ4n) is 2.32. The monoisotopic (exact) mass is 321 g/mol. The average Bonchev–Trinajstić information content (AvgIpc) is 2.39. The van der Waals surface area contributed by atoms with Gasteiger partial charge in [-0.15, -0.1) is 12.4 Å². The van der Waals surface area contributed by atoms with Crippen LogP contribution in [0.2, 0.25) is 0 Å². The Hall–Kier alpha value is -0.360. The van der Waals surface area contributed by atoms with Crippen molar-refractivity contribution in [3.63, 3.8) is 0 Å². The van der Waals surface area contributed by atoms with E-state index < -0.39 is 6.04 Å². The molecule has 0 radical (unpaired) electrons. The van der Waals surface area contributed by atoms with Crippen LogP contribution in [-0.4, -0.2) is 55.2 Å². The maximum Gasteiger partial charge on any atom is 0.237 e. The molecule has 1 aliphatic heterocycles. The molecular formula is C15H32ClN3O2. The smallest absolute Gasteiger partial charge is 0.237 e. The summed E-state index contributed by atoms with van der Waals surface area (Å²) >= 11 is 0. The van der Waals surface area contributed by atoms with Gasteiger partial charge in [-0.3, -0.25) is 4.79 Å². The van der Waals surface area contributed by atoms with Crippen molar-refractivity contribution in [3.05, 3.63) is 0 Å². The third-order valence-electron chi connectivity index (χ3n) is 3.81. The molecule has 1 aliphatic rings. The molecule has 0 aromatic carbocycles. The van der Waals surface area contributed by atoms with Crippen molar-refractivity contribution in [2.24, 2.45) is 11.7 Å².